The number of anilines is 3. The molecule has 0 saturated heterocycles. The van der Waals surface area contributed by atoms with E-state index in [1.807, 2.05) is 81.4 Å². The molecule has 0 radical (unpaired) electrons. The van der Waals surface area contributed by atoms with Gasteiger partial charge in [0.15, 0.2) is 0 Å². The molecule has 0 spiro atoms. The number of hydrogen-bond donors (Lipinski definition) is 3. The van der Waals surface area contributed by atoms with Gasteiger partial charge < -0.3 is 20.2 Å². The van der Waals surface area contributed by atoms with Crippen molar-refractivity contribution in [3.63, 3.8) is 0 Å². The highest BCUT2D eigenvalue weighted by atomic mass is 16.4. The second kappa shape index (κ2) is 11.5. The van der Waals surface area contributed by atoms with Crippen LogP contribution in [0.25, 0.3) is 33.2 Å². The Morgan fingerprint density at radius 3 is 2.36 bits per heavy atom. The van der Waals surface area contributed by atoms with E-state index in [9.17, 15) is 14.7 Å². The Balaban J connectivity index is 1.15. The minimum atomic E-state index is -1.05. The summed E-state index contributed by atoms with van der Waals surface area (Å²) in [7, 11) is 0. The molecular formula is C34H30N6O4. The first-order chi connectivity index (χ1) is 21.2. The molecule has 2 amide bonds. The zero-order valence-corrected chi connectivity index (χ0v) is 24.4. The molecule has 0 atom stereocenters. The lowest BCUT2D eigenvalue weighted by atomic mass is 10.1. The first-order valence-electron chi connectivity index (χ1n) is 14.0. The molecule has 0 aliphatic carbocycles. The SMILES string of the molecule is CC(C)(C)N(Cc1cccc(C(=O)Nc2ccc(Nc3cc(-c4cccc5c4oc4ccccc45)ncn3)cc2)n1)C(=O)O. The van der Waals surface area contributed by atoms with E-state index in [1.54, 1.807) is 30.3 Å². The van der Waals surface area contributed by atoms with E-state index in [1.165, 1.54) is 11.2 Å². The fourth-order valence-corrected chi connectivity index (χ4v) is 4.95. The monoisotopic (exact) mass is 586 g/mol. The van der Waals surface area contributed by atoms with Gasteiger partial charge in [-0.2, -0.15) is 0 Å². The third-order valence-electron chi connectivity index (χ3n) is 7.16. The number of rotatable bonds is 7. The maximum atomic E-state index is 12.9. The molecule has 44 heavy (non-hydrogen) atoms. The molecule has 6 aromatic rings. The minimum absolute atomic E-state index is 0.0680. The van der Waals surface area contributed by atoms with Crippen molar-refractivity contribution in [1.29, 1.82) is 0 Å². The Kier molecular flexibility index (Phi) is 7.40. The molecule has 220 valence electrons. The highest BCUT2D eigenvalue weighted by Gasteiger charge is 2.26. The van der Waals surface area contributed by atoms with Crippen molar-refractivity contribution in [2.45, 2.75) is 32.9 Å². The summed E-state index contributed by atoms with van der Waals surface area (Å²) in [6, 6.07) is 28.0. The van der Waals surface area contributed by atoms with Gasteiger partial charge in [-0.15, -0.1) is 0 Å². The number of furan rings is 1. The van der Waals surface area contributed by atoms with Crippen LogP contribution in [-0.2, 0) is 6.54 Å². The fraction of sp³-hybridized carbons (Fsp3) is 0.147. The molecule has 3 heterocycles. The van der Waals surface area contributed by atoms with Crippen molar-refractivity contribution < 1.29 is 19.1 Å². The van der Waals surface area contributed by atoms with Gasteiger partial charge in [0.25, 0.3) is 5.91 Å². The maximum Gasteiger partial charge on any atom is 0.408 e. The quantitative estimate of drug-likeness (QED) is 0.173. The van der Waals surface area contributed by atoms with Crippen LogP contribution in [-0.4, -0.2) is 42.5 Å². The Morgan fingerprint density at radius 2 is 1.59 bits per heavy atom. The number of carboxylic acid groups (broad SMARTS) is 1. The number of nitrogens with zero attached hydrogens (tertiary/aromatic N) is 4. The molecule has 10 heteroatoms. The summed E-state index contributed by atoms with van der Waals surface area (Å²) in [5.74, 6) is 0.206. The molecule has 0 aliphatic heterocycles. The second-order valence-electron chi connectivity index (χ2n) is 11.3. The van der Waals surface area contributed by atoms with Crippen LogP contribution in [0.5, 0.6) is 0 Å². The van der Waals surface area contributed by atoms with Crippen molar-refractivity contribution in [2.75, 3.05) is 10.6 Å². The smallest absolute Gasteiger partial charge is 0.408 e. The van der Waals surface area contributed by atoms with Crippen molar-refractivity contribution in [2.24, 2.45) is 0 Å². The van der Waals surface area contributed by atoms with Gasteiger partial charge in [-0.1, -0.05) is 36.4 Å². The lowest BCUT2D eigenvalue weighted by Gasteiger charge is -2.32. The molecule has 0 fully saturated rings. The van der Waals surface area contributed by atoms with E-state index in [4.69, 9.17) is 4.42 Å². The highest BCUT2D eigenvalue weighted by molar-refractivity contribution is 6.09. The van der Waals surface area contributed by atoms with E-state index in [-0.39, 0.29) is 12.2 Å². The zero-order chi connectivity index (χ0) is 30.8. The molecule has 0 aliphatic rings. The van der Waals surface area contributed by atoms with Gasteiger partial charge in [-0.3, -0.25) is 9.69 Å². The lowest BCUT2D eigenvalue weighted by molar-refractivity contribution is 0.0946. The first-order valence-corrected chi connectivity index (χ1v) is 14.0. The molecular weight excluding hydrogens is 556 g/mol. The number of pyridine rings is 1. The number of fused-ring (bicyclic) bond motifs is 3. The van der Waals surface area contributed by atoms with Crippen LogP contribution in [0, 0.1) is 0 Å². The fourth-order valence-electron chi connectivity index (χ4n) is 4.95. The average Bonchev–Trinajstić information content (AvgIpc) is 3.39. The van der Waals surface area contributed by atoms with E-state index in [0.29, 0.717) is 17.2 Å². The number of aromatic nitrogens is 3. The number of carbonyl (C=O) groups excluding carboxylic acids is 1. The van der Waals surface area contributed by atoms with Gasteiger partial charge in [0.05, 0.1) is 17.9 Å². The summed E-state index contributed by atoms with van der Waals surface area (Å²) in [5, 5.41) is 17.8. The molecule has 6 rings (SSSR count). The highest BCUT2D eigenvalue weighted by Crippen LogP contribution is 2.35. The van der Waals surface area contributed by atoms with Crippen LogP contribution < -0.4 is 10.6 Å². The number of carbonyl (C=O) groups is 2. The predicted octanol–water partition coefficient (Wildman–Crippen LogP) is 7.71. The van der Waals surface area contributed by atoms with E-state index in [0.717, 1.165) is 38.9 Å². The van der Waals surface area contributed by atoms with Gasteiger partial charge in [0.1, 0.15) is 29.0 Å². The summed E-state index contributed by atoms with van der Waals surface area (Å²) < 4.78 is 6.17. The van der Waals surface area contributed by atoms with Gasteiger partial charge in [-0.05, 0) is 69.3 Å². The summed E-state index contributed by atoms with van der Waals surface area (Å²) >= 11 is 0. The van der Waals surface area contributed by atoms with Crippen LogP contribution in [0.4, 0.5) is 22.0 Å². The average molecular weight is 587 g/mol. The summed E-state index contributed by atoms with van der Waals surface area (Å²) in [5.41, 5.74) is 4.59. The van der Waals surface area contributed by atoms with E-state index in [2.05, 4.69) is 25.6 Å². The third-order valence-corrected chi connectivity index (χ3v) is 7.16. The molecule has 3 aromatic heterocycles. The van der Waals surface area contributed by atoms with E-state index < -0.39 is 17.5 Å². The normalized spacial score (nSPS) is 11.4. The van der Waals surface area contributed by atoms with Crippen molar-refractivity contribution >= 4 is 51.1 Å². The van der Waals surface area contributed by atoms with Gasteiger partial charge >= 0.3 is 6.09 Å². The summed E-state index contributed by atoms with van der Waals surface area (Å²) in [6.45, 7) is 5.49. The number of para-hydroxylation sites is 2. The van der Waals surface area contributed by atoms with Gasteiger partial charge in [0.2, 0.25) is 0 Å². The zero-order valence-electron chi connectivity index (χ0n) is 24.4. The topological polar surface area (TPSA) is 133 Å². The van der Waals surface area contributed by atoms with Crippen LogP contribution in [0.1, 0.15) is 37.0 Å². The van der Waals surface area contributed by atoms with Crippen LogP contribution >= 0.6 is 0 Å². The maximum absolute atomic E-state index is 12.9. The van der Waals surface area contributed by atoms with Crippen LogP contribution in [0.15, 0.2) is 102 Å². The first kappa shape index (κ1) is 28.4. The Hall–Kier alpha value is -5.77. The molecule has 0 bridgehead atoms. The summed E-state index contributed by atoms with van der Waals surface area (Å²) in [4.78, 5) is 39.2. The predicted molar refractivity (Wildman–Crippen MR) is 170 cm³/mol. The van der Waals surface area contributed by atoms with Gasteiger partial charge in [0, 0.05) is 39.3 Å². The number of amides is 2. The molecule has 3 N–H and O–H groups in total. The van der Waals surface area contributed by atoms with Crippen molar-refractivity contribution in [3.05, 3.63) is 109 Å². The van der Waals surface area contributed by atoms with E-state index >= 15 is 0 Å². The third kappa shape index (κ3) is 5.91. The van der Waals surface area contributed by atoms with Crippen molar-refractivity contribution in [3.8, 4) is 11.3 Å². The number of hydrogen-bond acceptors (Lipinski definition) is 7. The van der Waals surface area contributed by atoms with Crippen LogP contribution in [0.3, 0.4) is 0 Å². The molecule has 0 unspecified atom stereocenters. The second-order valence-corrected chi connectivity index (χ2v) is 11.3. The standard InChI is InChI=1S/C34H30N6O4/c1-34(2,3)40(33(42)43)19-23-8-6-12-27(37-23)32(41)39-22-16-14-21(15-17-22)38-30-18-28(35-20-36-30)26-11-7-10-25-24-9-4-5-13-29(24)44-31(25)26/h4-18,20H,19H2,1-3H3,(H,39,41)(H,42,43)(H,35,36,38). The largest absolute Gasteiger partial charge is 0.465 e. The molecule has 3 aromatic carbocycles. The summed E-state index contributed by atoms with van der Waals surface area (Å²) in [6.07, 6.45) is 0.455. The minimum Gasteiger partial charge on any atom is -0.465 e. The van der Waals surface area contributed by atoms with Crippen molar-refractivity contribution in [1.82, 2.24) is 19.9 Å². The molecule has 0 saturated carbocycles. The van der Waals surface area contributed by atoms with Gasteiger partial charge in [-0.25, -0.2) is 19.7 Å². The number of nitrogens with one attached hydrogen (secondary N) is 2. The van der Waals surface area contributed by atoms with Crippen LogP contribution in [0.2, 0.25) is 0 Å². The number of benzene rings is 3. The Morgan fingerprint density at radius 1 is 0.864 bits per heavy atom. The molecule has 10 nitrogen and oxygen atoms in total. The lowest BCUT2D eigenvalue weighted by Crippen LogP contribution is -2.44. The Labute approximate surface area is 253 Å². The Bertz CT molecular complexity index is 2000.